The number of hydrogen-bond acceptors (Lipinski definition) is 4. The van der Waals surface area contributed by atoms with Crippen molar-refractivity contribution >= 4 is 34.8 Å². The second-order valence-electron chi connectivity index (χ2n) is 7.50. The number of halogens is 1. The van der Waals surface area contributed by atoms with E-state index in [4.69, 9.17) is 21.1 Å². The number of para-hydroxylation sites is 1. The van der Waals surface area contributed by atoms with Crippen LogP contribution in [0.2, 0.25) is 5.02 Å². The van der Waals surface area contributed by atoms with Crippen LogP contribution in [-0.4, -0.2) is 57.9 Å². The van der Waals surface area contributed by atoms with E-state index in [0.717, 1.165) is 26.2 Å². The molecule has 1 fully saturated rings. The van der Waals surface area contributed by atoms with Crippen molar-refractivity contribution in [2.24, 2.45) is 0 Å². The van der Waals surface area contributed by atoms with Crippen LogP contribution in [0.5, 0.6) is 11.5 Å². The zero-order valence-corrected chi connectivity index (χ0v) is 17.3. The van der Waals surface area contributed by atoms with Crippen molar-refractivity contribution < 1.29 is 28.9 Å². The molecular weight excluding hydrogens is 408 g/mol. The Morgan fingerprint density at radius 3 is 2.20 bits per heavy atom. The van der Waals surface area contributed by atoms with Crippen molar-refractivity contribution in [2.75, 3.05) is 56.7 Å². The highest BCUT2D eigenvalue weighted by Gasteiger charge is 2.26. The van der Waals surface area contributed by atoms with Gasteiger partial charge in [-0.05, 0) is 24.3 Å². The summed E-state index contributed by atoms with van der Waals surface area (Å²) in [5, 5.41) is 6.31. The van der Waals surface area contributed by atoms with Crippen molar-refractivity contribution in [3.8, 4) is 11.5 Å². The number of hydrogen-bond donors (Lipinski definition) is 4. The van der Waals surface area contributed by atoms with Gasteiger partial charge in [-0.25, -0.2) is 0 Å². The van der Waals surface area contributed by atoms with Crippen molar-refractivity contribution in [3.05, 3.63) is 47.5 Å². The Hall–Kier alpha value is -2.81. The lowest BCUT2D eigenvalue weighted by atomic mass is 10.2. The van der Waals surface area contributed by atoms with E-state index < -0.39 is 0 Å². The van der Waals surface area contributed by atoms with Crippen LogP contribution >= 0.6 is 11.6 Å². The first-order valence-corrected chi connectivity index (χ1v) is 10.4. The van der Waals surface area contributed by atoms with E-state index in [1.807, 2.05) is 12.1 Å². The summed E-state index contributed by atoms with van der Waals surface area (Å²) in [6.07, 6.45) is 0. The highest BCUT2D eigenvalue weighted by atomic mass is 35.5. The first-order chi connectivity index (χ1) is 14.6. The molecule has 4 rings (SSSR count). The van der Waals surface area contributed by atoms with Gasteiger partial charge in [0.2, 0.25) is 6.79 Å². The van der Waals surface area contributed by atoms with Crippen molar-refractivity contribution in [3.63, 3.8) is 0 Å². The molecule has 0 spiro atoms. The molecule has 0 radical (unpaired) electrons. The van der Waals surface area contributed by atoms with Gasteiger partial charge < -0.3 is 29.9 Å². The second-order valence-corrected chi connectivity index (χ2v) is 7.90. The van der Waals surface area contributed by atoms with Crippen LogP contribution in [-0.2, 0) is 9.59 Å². The number of fused-ring (bicyclic) bond motifs is 1. The van der Waals surface area contributed by atoms with E-state index in [0.29, 0.717) is 41.0 Å². The Bertz CT molecular complexity index is 931. The first kappa shape index (κ1) is 20.5. The molecule has 0 aromatic heterocycles. The summed E-state index contributed by atoms with van der Waals surface area (Å²) in [5.41, 5.74) is 1.33. The number of ether oxygens (including phenoxy) is 2. The van der Waals surface area contributed by atoms with Gasteiger partial charge in [-0.3, -0.25) is 9.59 Å². The van der Waals surface area contributed by atoms with Crippen LogP contribution in [0, 0.1) is 0 Å². The number of anilines is 2. The molecule has 1 saturated heterocycles. The topological polar surface area (TPSA) is 85.5 Å². The van der Waals surface area contributed by atoms with Crippen LogP contribution in [0.4, 0.5) is 11.4 Å². The van der Waals surface area contributed by atoms with Gasteiger partial charge in [0.15, 0.2) is 24.6 Å². The summed E-state index contributed by atoms with van der Waals surface area (Å²) in [4.78, 5) is 27.1. The SMILES string of the molecule is O=C(C[NH+]1CC[NH+](CC(=O)Nc2ccccc2Cl)CC1)Nc1ccc2c(c1)OCO2. The van der Waals surface area contributed by atoms with Crippen LogP contribution in [0.25, 0.3) is 0 Å². The third-order valence-electron chi connectivity index (χ3n) is 5.29. The number of carbonyl (C=O) groups is 2. The number of benzene rings is 2. The fourth-order valence-corrected chi connectivity index (χ4v) is 3.88. The minimum atomic E-state index is -0.0536. The molecule has 2 heterocycles. The monoisotopic (exact) mass is 432 g/mol. The van der Waals surface area contributed by atoms with E-state index in [2.05, 4.69) is 10.6 Å². The Morgan fingerprint density at radius 1 is 0.867 bits per heavy atom. The summed E-state index contributed by atoms with van der Waals surface area (Å²) < 4.78 is 10.6. The molecule has 2 aromatic rings. The molecule has 158 valence electrons. The van der Waals surface area contributed by atoms with Gasteiger partial charge in [-0.2, -0.15) is 0 Å². The second kappa shape index (κ2) is 9.34. The highest BCUT2D eigenvalue weighted by molar-refractivity contribution is 6.33. The Balaban J connectivity index is 1.19. The number of rotatable bonds is 6. The van der Waals surface area contributed by atoms with E-state index >= 15 is 0 Å². The largest absolute Gasteiger partial charge is 0.454 e. The average Bonchev–Trinajstić information content (AvgIpc) is 3.19. The number of carbonyl (C=O) groups excluding carboxylic acids is 2. The van der Waals surface area contributed by atoms with Gasteiger partial charge in [-0.1, -0.05) is 23.7 Å². The zero-order chi connectivity index (χ0) is 20.9. The van der Waals surface area contributed by atoms with Crippen LogP contribution in [0.15, 0.2) is 42.5 Å². The van der Waals surface area contributed by atoms with Gasteiger partial charge in [0.25, 0.3) is 11.8 Å². The molecule has 2 aliphatic heterocycles. The van der Waals surface area contributed by atoms with Gasteiger partial charge in [0.05, 0.1) is 10.7 Å². The summed E-state index contributed by atoms with van der Waals surface area (Å²) >= 11 is 6.09. The zero-order valence-electron chi connectivity index (χ0n) is 16.5. The molecule has 2 aliphatic rings. The maximum absolute atomic E-state index is 12.4. The van der Waals surface area contributed by atoms with Crippen LogP contribution < -0.4 is 29.9 Å². The molecule has 8 nitrogen and oxygen atoms in total. The van der Waals surface area contributed by atoms with Gasteiger partial charge in [0.1, 0.15) is 26.2 Å². The van der Waals surface area contributed by atoms with Crippen LogP contribution in [0.3, 0.4) is 0 Å². The lowest BCUT2D eigenvalue weighted by molar-refractivity contribution is -1.00. The van der Waals surface area contributed by atoms with Crippen molar-refractivity contribution in [1.29, 1.82) is 0 Å². The van der Waals surface area contributed by atoms with Crippen molar-refractivity contribution in [2.45, 2.75) is 0 Å². The lowest BCUT2D eigenvalue weighted by Gasteiger charge is -2.29. The molecule has 0 aliphatic carbocycles. The van der Waals surface area contributed by atoms with Gasteiger partial charge >= 0.3 is 0 Å². The Kier molecular flexibility index (Phi) is 6.37. The number of nitrogens with one attached hydrogen (secondary N) is 4. The summed E-state index contributed by atoms with van der Waals surface area (Å²) in [5.74, 6) is 1.25. The highest BCUT2D eigenvalue weighted by Crippen LogP contribution is 2.34. The van der Waals surface area contributed by atoms with Crippen LogP contribution in [0.1, 0.15) is 0 Å². The standard InChI is InChI=1S/C21H23ClN4O4/c22-16-3-1-2-4-17(16)24-21(28)13-26-9-7-25(8-10-26)12-20(27)23-15-5-6-18-19(11-15)30-14-29-18/h1-6,11H,7-10,12-14H2,(H,23,27)(H,24,28)/p+2. The molecule has 2 amide bonds. The summed E-state index contributed by atoms with van der Waals surface area (Å²) in [6, 6.07) is 12.6. The quantitative estimate of drug-likeness (QED) is 0.492. The number of quaternary nitrogens is 2. The molecule has 4 N–H and O–H groups in total. The molecule has 2 aromatic carbocycles. The van der Waals surface area contributed by atoms with Gasteiger partial charge in [-0.15, -0.1) is 0 Å². The molecule has 9 heteroatoms. The molecule has 0 unspecified atom stereocenters. The van der Waals surface area contributed by atoms with E-state index in [9.17, 15) is 9.59 Å². The maximum Gasteiger partial charge on any atom is 0.279 e. The lowest BCUT2D eigenvalue weighted by Crippen LogP contribution is -3.28. The third kappa shape index (κ3) is 5.21. The van der Waals surface area contributed by atoms with E-state index in [-0.39, 0.29) is 18.6 Å². The third-order valence-corrected chi connectivity index (χ3v) is 5.62. The predicted molar refractivity (Wildman–Crippen MR) is 112 cm³/mol. The molecule has 0 saturated carbocycles. The molecule has 30 heavy (non-hydrogen) atoms. The van der Waals surface area contributed by atoms with Crippen molar-refractivity contribution in [1.82, 2.24) is 0 Å². The Labute approximate surface area is 179 Å². The minimum Gasteiger partial charge on any atom is -0.454 e. The number of amides is 2. The fraction of sp³-hybridized carbons (Fsp3) is 0.333. The first-order valence-electron chi connectivity index (χ1n) is 9.98. The average molecular weight is 433 g/mol. The fourth-order valence-electron chi connectivity index (χ4n) is 3.70. The number of piperazine rings is 1. The van der Waals surface area contributed by atoms with Gasteiger partial charge in [0, 0.05) is 11.8 Å². The molecule has 0 atom stereocenters. The summed E-state index contributed by atoms with van der Waals surface area (Å²) in [7, 11) is 0. The molecule has 0 bridgehead atoms. The predicted octanol–water partition coefficient (Wildman–Crippen LogP) is -0.571. The summed E-state index contributed by atoms with van der Waals surface area (Å²) in [6.45, 7) is 4.34. The normalized spacial score (nSPS) is 19.9. The molecular formula is C21H25ClN4O4+2. The Morgan fingerprint density at radius 2 is 1.50 bits per heavy atom. The minimum absolute atomic E-state index is 0.0382. The van der Waals surface area contributed by atoms with E-state index in [1.54, 1.807) is 30.3 Å². The smallest absolute Gasteiger partial charge is 0.279 e. The van der Waals surface area contributed by atoms with E-state index in [1.165, 1.54) is 9.80 Å². The maximum atomic E-state index is 12.4.